The Labute approximate surface area is 114 Å². The van der Waals surface area contributed by atoms with E-state index in [0.29, 0.717) is 19.1 Å². The fourth-order valence-electron chi connectivity index (χ4n) is 2.63. The maximum Gasteiger partial charge on any atom is 0.416 e. The summed E-state index contributed by atoms with van der Waals surface area (Å²) in [5, 5.41) is 3.43. The number of benzene rings is 1. The van der Waals surface area contributed by atoms with Crippen molar-refractivity contribution in [1.82, 2.24) is 5.32 Å². The molecule has 3 rings (SSSR count). The highest BCUT2D eigenvalue weighted by molar-refractivity contribution is 5.51. The standard InChI is InChI=1S/C14H16F4N2/c15-12-4-1-9(14(16,17)18)7-13(12)20-6-5-11(8-20)19-10-2-3-10/h1,4,7,10-11,19H,2-3,5-6,8H2. The molecule has 1 aliphatic heterocycles. The van der Waals surface area contributed by atoms with Gasteiger partial charge in [-0.15, -0.1) is 0 Å². The van der Waals surface area contributed by atoms with Crippen molar-refractivity contribution in [3.63, 3.8) is 0 Å². The molecule has 110 valence electrons. The zero-order valence-electron chi connectivity index (χ0n) is 10.9. The maximum atomic E-state index is 13.8. The minimum absolute atomic E-state index is 0.0555. The first-order valence-electron chi connectivity index (χ1n) is 6.81. The van der Waals surface area contributed by atoms with Gasteiger partial charge in [-0.25, -0.2) is 4.39 Å². The second-order valence-corrected chi connectivity index (χ2v) is 5.54. The lowest BCUT2D eigenvalue weighted by Gasteiger charge is -2.21. The summed E-state index contributed by atoms with van der Waals surface area (Å²) in [7, 11) is 0. The third-order valence-electron chi connectivity index (χ3n) is 3.85. The summed E-state index contributed by atoms with van der Waals surface area (Å²) in [4.78, 5) is 1.70. The van der Waals surface area contributed by atoms with Crippen molar-refractivity contribution >= 4 is 5.69 Å². The lowest BCUT2D eigenvalue weighted by molar-refractivity contribution is -0.137. The van der Waals surface area contributed by atoms with Gasteiger partial charge in [0.15, 0.2) is 0 Å². The summed E-state index contributed by atoms with van der Waals surface area (Å²) in [5.41, 5.74) is -0.743. The van der Waals surface area contributed by atoms with Crippen LogP contribution in [0.2, 0.25) is 0 Å². The molecule has 1 aromatic carbocycles. The molecule has 6 heteroatoms. The summed E-state index contributed by atoms with van der Waals surface area (Å²) in [6.45, 7) is 1.15. The lowest BCUT2D eigenvalue weighted by Crippen LogP contribution is -2.34. The molecular weight excluding hydrogens is 272 g/mol. The molecule has 1 saturated heterocycles. The molecule has 1 atom stereocenters. The first-order valence-corrected chi connectivity index (χ1v) is 6.81. The molecule has 0 aromatic heterocycles. The molecule has 1 aromatic rings. The van der Waals surface area contributed by atoms with Crippen LogP contribution in [0.1, 0.15) is 24.8 Å². The molecule has 0 amide bonds. The first-order chi connectivity index (χ1) is 9.43. The van der Waals surface area contributed by atoms with Crippen LogP contribution in [0.3, 0.4) is 0 Å². The smallest absolute Gasteiger partial charge is 0.368 e. The van der Waals surface area contributed by atoms with Gasteiger partial charge in [-0.2, -0.15) is 13.2 Å². The molecule has 0 radical (unpaired) electrons. The fourth-order valence-corrected chi connectivity index (χ4v) is 2.63. The number of hydrogen-bond acceptors (Lipinski definition) is 2. The summed E-state index contributed by atoms with van der Waals surface area (Å²) in [5.74, 6) is -0.593. The number of alkyl halides is 3. The van der Waals surface area contributed by atoms with Crippen LogP contribution in [0, 0.1) is 5.82 Å². The average molecular weight is 288 g/mol. The number of anilines is 1. The number of hydrogen-bond donors (Lipinski definition) is 1. The Bertz CT molecular complexity index is 496. The van der Waals surface area contributed by atoms with Crippen molar-refractivity contribution in [2.45, 2.75) is 37.5 Å². The Morgan fingerprint density at radius 2 is 1.85 bits per heavy atom. The van der Waals surface area contributed by atoms with Crippen molar-refractivity contribution < 1.29 is 17.6 Å². The van der Waals surface area contributed by atoms with Crippen molar-refractivity contribution in [2.24, 2.45) is 0 Å². The Morgan fingerprint density at radius 1 is 1.10 bits per heavy atom. The van der Waals surface area contributed by atoms with E-state index in [-0.39, 0.29) is 11.7 Å². The molecular formula is C14H16F4N2. The van der Waals surface area contributed by atoms with Crippen LogP contribution in [0.15, 0.2) is 18.2 Å². The van der Waals surface area contributed by atoms with Gasteiger partial charge in [0.1, 0.15) is 5.82 Å². The SMILES string of the molecule is Fc1ccc(C(F)(F)F)cc1N1CCC(NC2CC2)C1. The fraction of sp³-hybridized carbons (Fsp3) is 0.571. The zero-order chi connectivity index (χ0) is 14.3. The van der Waals surface area contributed by atoms with Gasteiger partial charge >= 0.3 is 6.18 Å². The number of nitrogens with one attached hydrogen (secondary N) is 1. The monoisotopic (exact) mass is 288 g/mol. The lowest BCUT2D eigenvalue weighted by atomic mass is 10.1. The maximum absolute atomic E-state index is 13.8. The van der Waals surface area contributed by atoms with Crippen LogP contribution in [-0.2, 0) is 6.18 Å². The van der Waals surface area contributed by atoms with E-state index < -0.39 is 17.6 Å². The predicted octanol–water partition coefficient (Wildman–Crippen LogP) is 3.18. The van der Waals surface area contributed by atoms with E-state index in [1.807, 2.05) is 0 Å². The van der Waals surface area contributed by atoms with Crippen molar-refractivity contribution in [3.05, 3.63) is 29.6 Å². The summed E-state index contributed by atoms with van der Waals surface area (Å²) >= 11 is 0. The van der Waals surface area contributed by atoms with Crippen LogP contribution in [-0.4, -0.2) is 25.2 Å². The van der Waals surface area contributed by atoms with Crippen LogP contribution in [0.4, 0.5) is 23.2 Å². The van der Waals surface area contributed by atoms with Gasteiger partial charge in [0.2, 0.25) is 0 Å². The minimum Gasteiger partial charge on any atom is -0.368 e. The highest BCUT2D eigenvalue weighted by Gasteiger charge is 2.34. The van der Waals surface area contributed by atoms with E-state index in [1.54, 1.807) is 4.90 Å². The Morgan fingerprint density at radius 3 is 2.50 bits per heavy atom. The van der Waals surface area contributed by atoms with Gasteiger partial charge in [0, 0.05) is 25.2 Å². The third-order valence-corrected chi connectivity index (χ3v) is 3.85. The molecule has 0 bridgehead atoms. The van der Waals surface area contributed by atoms with Gasteiger partial charge in [-0.1, -0.05) is 0 Å². The topological polar surface area (TPSA) is 15.3 Å². The molecule has 1 N–H and O–H groups in total. The Balaban J connectivity index is 1.75. The Kier molecular flexibility index (Phi) is 3.36. The van der Waals surface area contributed by atoms with Crippen LogP contribution in [0.25, 0.3) is 0 Å². The normalized spacial score (nSPS) is 23.4. The number of halogens is 4. The van der Waals surface area contributed by atoms with E-state index in [4.69, 9.17) is 0 Å². The average Bonchev–Trinajstić information content (AvgIpc) is 3.05. The highest BCUT2D eigenvalue weighted by atomic mass is 19.4. The summed E-state index contributed by atoms with van der Waals surface area (Å²) in [6, 6.07) is 3.39. The molecule has 20 heavy (non-hydrogen) atoms. The summed E-state index contributed by atoms with van der Waals surface area (Å²) < 4.78 is 51.9. The number of rotatable bonds is 3. The Hall–Kier alpha value is -1.30. The molecule has 1 heterocycles. The molecule has 0 spiro atoms. The van der Waals surface area contributed by atoms with Gasteiger partial charge < -0.3 is 10.2 Å². The van der Waals surface area contributed by atoms with Gasteiger partial charge in [0.25, 0.3) is 0 Å². The van der Waals surface area contributed by atoms with Crippen molar-refractivity contribution in [2.75, 3.05) is 18.0 Å². The van der Waals surface area contributed by atoms with Crippen LogP contribution < -0.4 is 10.2 Å². The van der Waals surface area contributed by atoms with Gasteiger partial charge in [-0.05, 0) is 37.5 Å². The van der Waals surface area contributed by atoms with Gasteiger partial charge in [0.05, 0.1) is 11.3 Å². The predicted molar refractivity (Wildman–Crippen MR) is 68.2 cm³/mol. The van der Waals surface area contributed by atoms with E-state index >= 15 is 0 Å². The van der Waals surface area contributed by atoms with Crippen LogP contribution in [0.5, 0.6) is 0 Å². The van der Waals surface area contributed by atoms with E-state index in [0.717, 1.165) is 37.5 Å². The van der Waals surface area contributed by atoms with E-state index in [9.17, 15) is 17.6 Å². The van der Waals surface area contributed by atoms with E-state index in [2.05, 4.69) is 5.32 Å². The first kappa shape index (κ1) is 13.7. The van der Waals surface area contributed by atoms with Crippen LogP contribution >= 0.6 is 0 Å². The second-order valence-electron chi connectivity index (χ2n) is 5.54. The minimum atomic E-state index is -4.44. The second kappa shape index (κ2) is 4.91. The van der Waals surface area contributed by atoms with E-state index in [1.165, 1.54) is 0 Å². The molecule has 2 fully saturated rings. The zero-order valence-corrected chi connectivity index (χ0v) is 10.9. The van der Waals surface area contributed by atoms with Crippen molar-refractivity contribution in [1.29, 1.82) is 0 Å². The third kappa shape index (κ3) is 2.90. The summed E-state index contributed by atoms with van der Waals surface area (Å²) in [6.07, 6.45) is -1.27. The highest BCUT2D eigenvalue weighted by Crippen LogP contribution is 2.34. The molecule has 1 saturated carbocycles. The molecule has 1 aliphatic carbocycles. The molecule has 2 aliphatic rings. The molecule has 2 nitrogen and oxygen atoms in total. The van der Waals surface area contributed by atoms with Crippen molar-refractivity contribution in [3.8, 4) is 0 Å². The molecule has 1 unspecified atom stereocenters. The number of nitrogens with zero attached hydrogens (tertiary/aromatic N) is 1. The van der Waals surface area contributed by atoms with Gasteiger partial charge in [-0.3, -0.25) is 0 Å². The quantitative estimate of drug-likeness (QED) is 0.859. The largest absolute Gasteiger partial charge is 0.416 e.